The molecule has 5 heteroatoms. The number of hydrogen-bond donors (Lipinski definition) is 0. The van der Waals surface area contributed by atoms with Gasteiger partial charge in [-0.05, 0) is 30.4 Å². The van der Waals surface area contributed by atoms with Crippen LogP contribution in [0.4, 0.5) is 0 Å². The monoisotopic (exact) mass is 260 g/mol. The van der Waals surface area contributed by atoms with Crippen molar-refractivity contribution in [1.82, 2.24) is 0 Å². The first-order valence-corrected chi connectivity index (χ1v) is 7.66. The highest BCUT2D eigenvalue weighted by Gasteiger charge is 2.17. The lowest BCUT2D eigenvalue weighted by atomic mass is 10.1. The Morgan fingerprint density at radius 2 is 2.06 bits per heavy atom. The summed E-state index contributed by atoms with van der Waals surface area (Å²) >= 11 is 1.42. The SMILES string of the molecule is CCCc1ccc(S(=O)(=O)OC)c(SC)c1. The Labute approximate surface area is 101 Å². The third-order valence-corrected chi connectivity index (χ3v) is 4.50. The second-order valence-electron chi connectivity index (χ2n) is 3.36. The Morgan fingerprint density at radius 3 is 2.56 bits per heavy atom. The van der Waals surface area contributed by atoms with Gasteiger partial charge in [0.05, 0.1) is 7.11 Å². The first-order chi connectivity index (χ1) is 7.55. The van der Waals surface area contributed by atoms with E-state index in [1.165, 1.54) is 18.9 Å². The summed E-state index contributed by atoms with van der Waals surface area (Å²) in [5.41, 5.74) is 1.15. The lowest BCUT2D eigenvalue weighted by Crippen LogP contribution is -2.04. The Bertz CT molecular complexity index is 452. The topological polar surface area (TPSA) is 43.4 Å². The average molecular weight is 260 g/mol. The zero-order valence-corrected chi connectivity index (χ0v) is 11.3. The van der Waals surface area contributed by atoms with Crippen LogP contribution in [0.2, 0.25) is 0 Å². The molecule has 1 aromatic rings. The maximum Gasteiger partial charge on any atom is 0.297 e. The summed E-state index contributed by atoms with van der Waals surface area (Å²) in [6, 6.07) is 5.38. The van der Waals surface area contributed by atoms with E-state index in [-0.39, 0.29) is 4.90 Å². The molecule has 0 saturated heterocycles. The van der Waals surface area contributed by atoms with Crippen LogP contribution in [0.25, 0.3) is 0 Å². The maximum absolute atomic E-state index is 11.6. The molecule has 0 saturated carbocycles. The van der Waals surface area contributed by atoms with Crippen molar-refractivity contribution in [2.45, 2.75) is 29.6 Å². The van der Waals surface area contributed by atoms with Gasteiger partial charge in [-0.15, -0.1) is 11.8 Å². The Balaban J connectivity index is 3.22. The van der Waals surface area contributed by atoms with E-state index in [2.05, 4.69) is 11.1 Å². The van der Waals surface area contributed by atoms with E-state index in [0.29, 0.717) is 0 Å². The van der Waals surface area contributed by atoms with Crippen LogP contribution in [-0.4, -0.2) is 21.8 Å². The van der Waals surface area contributed by atoms with Gasteiger partial charge in [0, 0.05) is 4.90 Å². The highest BCUT2D eigenvalue weighted by atomic mass is 32.2. The molecule has 0 amide bonds. The molecule has 0 bridgehead atoms. The molecule has 0 heterocycles. The lowest BCUT2D eigenvalue weighted by molar-refractivity contribution is 0.396. The van der Waals surface area contributed by atoms with E-state index in [0.717, 1.165) is 23.3 Å². The largest absolute Gasteiger partial charge is 0.297 e. The van der Waals surface area contributed by atoms with E-state index >= 15 is 0 Å². The summed E-state index contributed by atoms with van der Waals surface area (Å²) < 4.78 is 27.8. The van der Waals surface area contributed by atoms with Crippen LogP contribution in [0.3, 0.4) is 0 Å². The van der Waals surface area contributed by atoms with E-state index < -0.39 is 10.1 Å². The summed E-state index contributed by atoms with van der Waals surface area (Å²) in [6.45, 7) is 2.10. The normalized spacial score (nSPS) is 11.7. The van der Waals surface area contributed by atoms with Crippen molar-refractivity contribution in [3.63, 3.8) is 0 Å². The van der Waals surface area contributed by atoms with Crippen molar-refractivity contribution in [2.75, 3.05) is 13.4 Å². The fourth-order valence-corrected chi connectivity index (χ4v) is 3.27. The van der Waals surface area contributed by atoms with Gasteiger partial charge < -0.3 is 0 Å². The van der Waals surface area contributed by atoms with Crippen LogP contribution < -0.4 is 0 Å². The summed E-state index contributed by atoms with van der Waals surface area (Å²) in [5.74, 6) is 0. The summed E-state index contributed by atoms with van der Waals surface area (Å²) in [5, 5.41) is 0. The average Bonchev–Trinajstić information content (AvgIpc) is 2.29. The maximum atomic E-state index is 11.6. The molecule has 1 rings (SSSR count). The second kappa shape index (κ2) is 5.70. The van der Waals surface area contributed by atoms with Gasteiger partial charge in [0.15, 0.2) is 0 Å². The number of thioether (sulfide) groups is 1. The number of rotatable bonds is 5. The molecule has 0 fully saturated rings. The highest BCUT2D eigenvalue weighted by Crippen LogP contribution is 2.27. The van der Waals surface area contributed by atoms with Gasteiger partial charge >= 0.3 is 0 Å². The molecule has 0 atom stereocenters. The van der Waals surface area contributed by atoms with Gasteiger partial charge in [0.25, 0.3) is 10.1 Å². The molecule has 0 aliphatic heterocycles. The minimum absolute atomic E-state index is 0.252. The van der Waals surface area contributed by atoms with Crippen molar-refractivity contribution in [3.8, 4) is 0 Å². The number of aryl methyl sites for hydroxylation is 1. The van der Waals surface area contributed by atoms with Gasteiger partial charge in [-0.1, -0.05) is 19.4 Å². The molecule has 0 N–H and O–H groups in total. The molecule has 16 heavy (non-hydrogen) atoms. The van der Waals surface area contributed by atoms with E-state index in [4.69, 9.17) is 0 Å². The van der Waals surface area contributed by atoms with Gasteiger partial charge in [-0.2, -0.15) is 8.42 Å². The van der Waals surface area contributed by atoms with Gasteiger partial charge in [-0.25, -0.2) is 0 Å². The van der Waals surface area contributed by atoms with E-state index in [1.54, 1.807) is 6.07 Å². The van der Waals surface area contributed by atoms with Gasteiger partial charge in [-0.3, -0.25) is 4.18 Å². The van der Waals surface area contributed by atoms with E-state index in [1.807, 2.05) is 18.4 Å². The molecule has 0 aliphatic rings. The Kier molecular flexibility index (Phi) is 4.83. The standard InChI is InChI=1S/C11H16O3S2/c1-4-5-9-6-7-11(10(8-9)15-3)16(12,13)14-2/h6-8H,4-5H2,1-3H3. The molecule has 0 radical (unpaired) electrons. The van der Waals surface area contributed by atoms with Crippen LogP contribution in [0.5, 0.6) is 0 Å². The second-order valence-corrected chi connectivity index (χ2v) is 5.89. The third-order valence-electron chi connectivity index (χ3n) is 2.26. The first-order valence-electron chi connectivity index (χ1n) is 5.02. The van der Waals surface area contributed by atoms with Gasteiger partial charge in [0.1, 0.15) is 4.90 Å². The minimum Gasteiger partial charge on any atom is -0.270 e. The van der Waals surface area contributed by atoms with E-state index in [9.17, 15) is 8.42 Å². The Morgan fingerprint density at radius 1 is 1.38 bits per heavy atom. The molecular weight excluding hydrogens is 244 g/mol. The molecule has 0 spiro atoms. The quantitative estimate of drug-likeness (QED) is 0.603. The third kappa shape index (κ3) is 2.99. The van der Waals surface area contributed by atoms with Crippen molar-refractivity contribution in [3.05, 3.63) is 23.8 Å². The predicted molar refractivity (Wildman–Crippen MR) is 66.4 cm³/mol. The lowest BCUT2D eigenvalue weighted by Gasteiger charge is -2.08. The fraction of sp³-hybridized carbons (Fsp3) is 0.455. The van der Waals surface area contributed by atoms with Crippen molar-refractivity contribution in [2.24, 2.45) is 0 Å². The highest BCUT2D eigenvalue weighted by molar-refractivity contribution is 7.99. The minimum atomic E-state index is -3.59. The van der Waals surface area contributed by atoms with Gasteiger partial charge in [0.2, 0.25) is 0 Å². The zero-order valence-electron chi connectivity index (χ0n) is 9.69. The molecule has 3 nitrogen and oxygen atoms in total. The fourth-order valence-electron chi connectivity index (χ4n) is 1.45. The van der Waals surface area contributed by atoms with Crippen LogP contribution in [-0.2, 0) is 20.7 Å². The van der Waals surface area contributed by atoms with Crippen LogP contribution in [0.15, 0.2) is 28.0 Å². The molecule has 0 aliphatic carbocycles. The Hall–Kier alpha value is -0.520. The number of hydrogen-bond acceptors (Lipinski definition) is 4. The van der Waals surface area contributed by atoms with Crippen molar-refractivity contribution < 1.29 is 12.6 Å². The molecular formula is C11H16O3S2. The first kappa shape index (κ1) is 13.5. The molecule has 1 aromatic carbocycles. The number of benzene rings is 1. The molecule has 0 unspecified atom stereocenters. The molecule has 0 aromatic heterocycles. The smallest absolute Gasteiger partial charge is 0.270 e. The summed E-state index contributed by atoms with van der Waals surface area (Å²) in [7, 11) is -2.41. The molecule has 90 valence electrons. The predicted octanol–water partition coefficient (Wildman–Crippen LogP) is 2.70. The van der Waals surface area contributed by atoms with Crippen LogP contribution in [0.1, 0.15) is 18.9 Å². The zero-order chi connectivity index (χ0) is 12.2. The van der Waals surface area contributed by atoms with Crippen LogP contribution >= 0.6 is 11.8 Å². The van der Waals surface area contributed by atoms with Crippen molar-refractivity contribution in [1.29, 1.82) is 0 Å². The summed E-state index contributed by atoms with van der Waals surface area (Å²) in [4.78, 5) is 0.996. The van der Waals surface area contributed by atoms with Crippen molar-refractivity contribution >= 4 is 21.9 Å². The van der Waals surface area contributed by atoms with Crippen LogP contribution in [0, 0.1) is 0 Å². The summed E-state index contributed by atoms with van der Waals surface area (Å²) in [6.07, 6.45) is 3.87.